The van der Waals surface area contributed by atoms with E-state index in [4.69, 9.17) is 17.0 Å². The fourth-order valence-corrected chi connectivity index (χ4v) is 2.68. The van der Waals surface area contributed by atoms with E-state index in [1.54, 1.807) is 6.20 Å². The summed E-state index contributed by atoms with van der Waals surface area (Å²) in [6.07, 6.45) is 3.70. The molecule has 0 atom stereocenters. The molecule has 0 unspecified atom stereocenters. The minimum atomic E-state index is 0.632. The third-order valence-corrected chi connectivity index (χ3v) is 3.87. The van der Waals surface area contributed by atoms with Gasteiger partial charge in [-0.05, 0) is 55.4 Å². The molecule has 1 aromatic carbocycles. The van der Waals surface area contributed by atoms with Crippen molar-refractivity contribution in [3.63, 3.8) is 0 Å². The van der Waals surface area contributed by atoms with E-state index in [2.05, 4.69) is 27.5 Å². The van der Waals surface area contributed by atoms with E-state index in [9.17, 15) is 0 Å². The highest BCUT2D eigenvalue weighted by Crippen LogP contribution is 2.25. The lowest BCUT2D eigenvalue weighted by Crippen LogP contribution is -2.02. The normalized spacial score (nSPS) is 11.0. The standard InChI is InChI=1S/C16H17N3OS/c1-3-20-14-6-4-5-13-15(14)18-16(21)19(13)10-12-9-17-8-7-11(12)2/h4-9H,3,10H2,1-2H3,(H,18,21). The molecule has 0 bridgehead atoms. The van der Waals surface area contributed by atoms with Crippen molar-refractivity contribution in [1.82, 2.24) is 14.5 Å². The van der Waals surface area contributed by atoms with Crippen LogP contribution in [0.1, 0.15) is 18.1 Å². The fourth-order valence-electron chi connectivity index (χ4n) is 2.42. The molecule has 4 nitrogen and oxygen atoms in total. The summed E-state index contributed by atoms with van der Waals surface area (Å²) < 4.78 is 8.43. The number of nitrogens with one attached hydrogen (secondary N) is 1. The van der Waals surface area contributed by atoms with Crippen LogP contribution in [-0.2, 0) is 6.54 Å². The zero-order valence-corrected chi connectivity index (χ0v) is 12.9. The molecule has 5 heteroatoms. The van der Waals surface area contributed by atoms with Crippen molar-refractivity contribution >= 4 is 23.3 Å². The molecule has 0 aliphatic carbocycles. The Morgan fingerprint density at radius 3 is 2.95 bits per heavy atom. The summed E-state index contributed by atoms with van der Waals surface area (Å²) in [5, 5.41) is 0. The number of imidazole rings is 1. The first-order chi connectivity index (χ1) is 10.2. The summed E-state index contributed by atoms with van der Waals surface area (Å²) in [5.74, 6) is 0.836. The van der Waals surface area contributed by atoms with Crippen LogP contribution in [0.15, 0.2) is 36.7 Å². The summed E-state index contributed by atoms with van der Waals surface area (Å²) in [6.45, 7) is 5.39. The first-order valence-corrected chi connectivity index (χ1v) is 7.35. The van der Waals surface area contributed by atoms with Crippen molar-refractivity contribution in [2.45, 2.75) is 20.4 Å². The van der Waals surface area contributed by atoms with Gasteiger partial charge in [0.25, 0.3) is 0 Å². The minimum absolute atomic E-state index is 0.632. The molecule has 0 saturated carbocycles. The number of hydrogen-bond acceptors (Lipinski definition) is 3. The maximum Gasteiger partial charge on any atom is 0.178 e. The molecule has 0 saturated heterocycles. The molecule has 0 aliphatic heterocycles. The van der Waals surface area contributed by atoms with Crippen LogP contribution in [0.3, 0.4) is 0 Å². The van der Waals surface area contributed by atoms with E-state index in [1.165, 1.54) is 5.56 Å². The Bertz CT molecular complexity index is 835. The summed E-state index contributed by atoms with van der Waals surface area (Å²) in [6, 6.07) is 8.01. The van der Waals surface area contributed by atoms with Crippen molar-refractivity contribution in [1.29, 1.82) is 0 Å². The number of pyridine rings is 1. The average Bonchev–Trinajstić information content (AvgIpc) is 2.79. The van der Waals surface area contributed by atoms with Gasteiger partial charge in [-0.2, -0.15) is 0 Å². The van der Waals surface area contributed by atoms with E-state index in [0.717, 1.165) is 22.3 Å². The minimum Gasteiger partial charge on any atom is -0.492 e. The van der Waals surface area contributed by atoms with Crippen LogP contribution in [0.2, 0.25) is 0 Å². The topological polar surface area (TPSA) is 42.8 Å². The molecule has 0 fully saturated rings. The number of aromatic amines is 1. The van der Waals surface area contributed by atoms with E-state index in [1.807, 2.05) is 31.3 Å². The highest BCUT2D eigenvalue weighted by Gasteiger charge is 2.10. The Labute approximate surface area is 128 Å². The van der Waals surface area contributed by atoms with Gasteiger partial charge < -0.3 is 14.3 Å². The summed E-state index contributed by atoms with van der Waals surface area (Å²) in [4.78, 5) is 7.45. The van der Waals surface area contributed by atoms with Crippen molar-refractivity contribution < 1.29 is 4.74 Å². The number of aryl methyl sites for hydroxylation is 1. The van der Waals surface area contributed by atoms with E-state index in [-0.39, 0.29) is 0 Å². The molecule has 1 N–H and O–H groups in total. The lowest BCUT2D eigenvalue weighted by atomic mass is 10.1. The second kappa shape index (κ2) is 5.69. The van der Waals surface area contributed by atoms with E-state index in [0.29, 0.717) is 17.9 Å². The van der Waals surface area contributed by atoms with Crippen LogP contribution < -0.4 is 4.74 Å². The van der Waals surface area contributed by atoms with Crippen LogP contribution in [0.4, 0.5) is 0 Å². The highest BCUT2D eigenvalue weighted by atomic mass is 32.1. The van der Waals surface area contributed by atoms with Crippen LogP contribution in [0, 0.1) is 11.7 Å². The molecule has 2 heterocycles. The van der Waals surface area contributed by atoms with Gasteiger partial charge in [0.2, 0.25) is 0 Å². The van der Waals surface area contributed by atoms with Gasteiger partial charge in [-0.15, -0.1) is 0 Å². The largest absolute Gasteiger partial charge is 0.492 e. The SMILES string of the molecule is CCOc1cccc2c1[nH]c(=S)n2Cc1cnccc1C. The number of para-hydroxylation sites is 1. The van der Waals surface area contributed by atoms with Crippen molar-refractivity contribution in [2.75, 3.05) is 6.61 Å². The number of fused-ring (bicyclic) bond motifs is 1. The van der Waals surface area contributed by atoms with Crippen molar-refractivity contribution in [2.24, 2.45) is 0 Å². The maximum absolute atomic E-state index is 5.66. The monoisotopic (exact) mass is 299 g/mol. The van der Waals surface area contributed by atoms with Crippen LogP contribution >= 0.6 is 12.2 Å². The Morgan fingerprint density at radius 2 is 2.19 bits per heavy atom. The van der Waals surface area contributed by atoms with Gasteiger partial charge in [0, 0.05) is 12.4 Å². The fraction of sp³-hybridized carbons (Fsp3) is 0.250. The Kier molecular flexibility index (Phi) is 3.75. The smallest absolute Gasteiger partial charge is 0.178 e. The average molecular weight is 299 g/mol. The second-order valence-electron chi connectivity index (χ2n) is 4.90. The molecule has 0 amide bonds. The first kappa shape index (κ1) is 13.8. The molecular weight excluding hydrogens is 282 g/mol. The molecule has 108 valence electrons. The lowest BCUT2D eigenvalue weighted by molar-refractivity contribution is 0.343. The number of rotatable bonds is 4. The molecule has 0 radical (unpaired) electrons. The lowest BCUT2D eigenvalue weighted by Gasteiger charge is -2.08. The summed E-state index contributed by atoms with van der Waals surface area (Å²) in [5.41, 5.74) is 4.37. The molecule has 3 rings (SSSR count). The predicted molar refractivity (Wildman–Crippen MR) is 86.4 cm³/mol. The zero-order valence-electron chi connectivity index (χ0n) is 12.1. The van der Waals surface area contributed by atoms with Gasteiger partial charge in [-0.3, -0.25) is 4.98 Å². The summed E-state index contributed by atoms with van der Waals surface area (Å²) >= 11 is 5.47. The number of benzene rings is 1. The van der Waals surface area contributed by atoms with Crippen LogP contribution in [0.25, 0.3) is 11.0 Å². The third-order valence-electron chi connectivity index (χ3n) is 3.55. The van der Waals surface area contributed by atoms with Crippen LogP contribution in [-0.4, -0.2) is 21.1 Å². The Balaban J connectivity index is 2.11. The molecule has 21 heavy (non-hydrogen) atoms. The van der Waals surface area contributed by atoms with Gasteiger partial charge in [0.05, 0.1) is 18.7 Å². The van der Waals surface area contributed by atoms with Crippen LogP contribution in [0.5, 0.6) is 5.75 Å². The molecule has 0 aliphatic rings. The molecule has 2 aromatic heterocycles. The molecular formula is C16H17N3OS. The van der Waals surface area contributed by atoms with Gasteiger partial charge in [-0.1, -0.05) is 6.07 Å². The zero-order chi connectivity index (χ0) is 14.8. The van der Waals surface area contributed by atoms with E-state index >= 15 is 0 Å². The molecule has 3 aromatic rings. The summed E-state index contributed by atoms with van der Waals surface area (Å²) in [7, 11) is 0. The highest BCUT2D eigenvalue weighted by molar-refractivity contribution is 7.71. The molecule has 0 spiro atoms. The van der Waals surface area contributed by atoms with Gasteiger partial charge in [0.15, 0.2) is 4.77 Å². The van der Waals surface area contributed by atoms with Crippen molar-refractivity contribution in [3.8, 4) is 5.75 Å². The first-order valence-electron chi connectivity index (χ1n) is 6.94. The van der Waals surface area contributed by atoms with Gasteiger partial charge >= 0.3 is 0 Å². The predicted octanol–water partition coefficient (Wildman–Crippen LogP) is 3.85. The quantitative estimate of drug-likeness (QED) is 0.744. The van der Waals surface area contributed by atoms with Gasteiger partial charge in [0.1, 0.15) is 11.3 Å². The van der Waals surface area contributed by atoms with Gasteiger partial charge in [-0.25, -0.2) is 0 Å². The number of ether oxygens (including phenoxy) is 1. The Hall–Kier alpha value is -2.14. The number of H-pyrrole nitrogens is 1. The van der Waals surface area contributed by atoms with E-state index < -0.39 is 0 Å². The van der Waals surface area contributed by atoms with Crippen molar-refractivity contribution in [3.05, 3.63) is 52.6 Å². The second-order valence-corrected chi connectivity index (χ2v) is 5.29. The Morgan fingerprint density at radius 1 is 1.33 bits per heavy atom. The number of aromatic nitrogens is 3. The maximum atomic E-state index is 5.66. The number of hydrogen-bond donors (Lipinski definition) is 1. The number of nitrogens with zero attached hydrogens (tertiary/aromatic N) is 2. The third kappa shape index (κ3) is 2.56.